The normalized spacial score (nSPS) is 11.8. The van der Waals surface area contributed by atoms with E-state index in [1.165, 1.54) is 0 Å². The van der Waals surface area contributed by atoms with Crippen molar-refractivity contribution in [2.24, 2.45) is 0 Å². The van der Waals surface area contributed by atoms with Crippen LogP contribution in [0.1, 0.15) is 12.7 Å². The Balaban J connectivity index is 1.52. The molecule has 6 heteroatoms. The van der Waals surface area contributed by atoms with Gasteiger partial charge >= 0.3 is 0 Å². The first-order chi connectivity index (χ1) is 12.6. The molecule has 0 unspecified atom stereocenters. The van der Waals surface area contributed by atoms with Gasteiger partial charge in [0.2, 0.25) is 0 Å². The lowest BCUT2D eigenvalue weighted by molar-refractivity contribution is -0.136. The number of likely N-dealkylation sites (N-methyl/N-ethyl adjacent to an activating group) is 1. The fraction of sp³-hybridized carbons (Fsp3) is 0.250. The van der Waals surface area contributed by atoms with Gasteiger partial charge in [0.15, 0.2) is 11.9 Å². The second-order valence-corrected chi connectivity index (χ2v) is 5.96. The van der Waals surface area contributed by atoms with Crippen LogP contribution in [-0.4, -0.2) is 40.6 Å². The number of amides is 1. The quantitative estimate of drug-likeness (QED) is 0.654. The molecule has 0 aliphatic rings. The Hall–Kier alpha value is -3.15. The number of aromatic nitrogens is 2. The third-order valence-electron chi connectivity index (χ3n) is 3.94. The van der Waals surface area contributed by atoms with Crippen LogP contribution in [0, 0.1) is 0 Å². The molecule has 2 aromatic carbocycles. The van der Waals surface area contributed by atoms with Crippen LogP contribution in [0.4, 0.5) is 0 Å². The van der Waals surface area contributed by atoms with Gasteiger partial charge in [-0.3, -0.25) is 4.79 Å². The van der Waals surface area contributed by atoms with Crippen LogP contribution < -0.4 is 4.74 Å². The zero-order chi connectivity index (χ0) is 18.4. The third-order valence-corrected chi connectivity index (χ3v) is 3.94. The number of carbonyl (C=O) groups excluding carboxylic acids is 1. The van der Waals surface area contributed by atoms with Gasteiger partial charge in [0, 0.05) is 25.6 Å². The zero-order valence-corrected chi connectivity index (χ0v) is 14.8. The number of carbonyl (C=O) groups is 1. The largest absolute Gasteiger partial charge is 0.481 e. The number of para-hydroxylation sites is 1. The molecule has 0 aliphatic heterocycles. The van der Waals surface area contributed by atoms with Crippen molar-refractivity contribution in [3.63, 3.8) is 0 Å². The van der Waals surface area contributed by atoms with Gasteiger partial charge in [-0.2, -0.15) is 4.98 Å². The predicted octanol–water partition coefficient (Wildman–Crippen LogP) is 3.21. The molecular formula is C20H21N3O3. The number of hydrogen-bond acceptors (Lipinski definition) is 5. The van der Waals surface area contributed by atoms with Gasteiger partial charge in [-0.05, 0) is 31.2 Å². The van der Waals surface area contributed by atoms with Gasteiger partial charge in [0.25, 0.3) is 11.8 Å². The minimum atomic E-state index is -0.562. The first-order valence-corrected chi connectivity index (χ1v) is 8.48. The molecule has 0 aliphatic carbocycles. The number of rotatable bonds is 7. The Morgan fingerprint density at radius 3 is 2.46 bits per heavy atom. The smallest absolute Gasteiger partial charge is 0.263 e. The lowest BCUT2D eigenvalue weighted by Crippen LogP contribution is -2.39. The molecule has 0 fully saturated rings. The summed E-state index contributed by atoms with van der Waals surface area (Å²) in [6.45, 7) is 2.22. The van der Waals surface area contributed by atoms with Crippen LogP contribution in [0.2, 0.25) is 0 Å². The lowest BCUT2D eigenvalue weighted by Gasteiger charge is -2.21. The number of hydrogen-bond donors (Lipinski definition) is 0. The maximum atomic E-state index is 12.4. The van der Waals surface area contributed by atoms with Crippen molar-refractivity contribution in [3.8, 4) is 17.2 Å². The monoisotopic (exact) mass is 351 g/mol. The molecule has 0 bridgehead atoms. The van der Waals surface area contributed by atoms with Crippen LogP contribution in [0.15, 0.2) is 65.2 Å². The maximum absolute atomic E-state index is 12.4. The lowest BCUT2D eigenvalue weighted by atomic mass is 10.2. The topological polar surface area (TPSA) is 68.5 Å². The molecule has 0 radical (unpaired) electrons. The minimum absolute atomic E-state index is 0.0966. The Kier molecular flexibility index (Phi) is 5.63. The first kappa shape index (κ1) is 17.7. The second-order valence-electron chi connectivity index (χ2n) is 5.96. The van der Waals surface area contributed by atoms with E-state index in [0.29, 0.717) is 30.4 Å². The molecule has 1 amide bonds. The third kappa shape index (κ3) is 4.47. The summed E-state index contributed by atoms with van der Waals surface area (Å²) in [5.41, 5.74) is 0.876. The summed E-state index contributed by atoms with van der Waals surface area (Å²) >= 11 is 0. The molecule has 26 heavy (non-hydrogen) atoms. The molecule has 0 spiro atoms. The minimum Gasteiger partial charge on any atom is -0.481 e. The fourth-order valence-electron chi connectivity index (χ4n) is 2.50. The van der Waals surface area contributed by atoms with Crippen molar-refractivity contribution in [1.29, 1.82) is 0 Å². The molecule has 3 rings (SSSR count). The fourth-order valence-corrected chi connectivity index (χ4v) is 2.50. The molecule has 1 aromatic heterocycles. The van der Waals surface area contributed by atoms with Crippen LogP contribution in [0.5, 0.6) is 5.75 Å². The van der Waals surface area contributed by atoms with Gasteiger partial charge < -0.3 is 14.2 Å². The van der Waals surface area contributed by atoms with E-state index in [1.807, 2.05) is 60.7 Å². The summed E-state index contributed by atoms with van der Waals surface area (Å²) in [5, 5.41) is 3.98. The molecule has 0 saturated carbocycles. The summed E-state index contributed by atoms with van der Waals surface area (Å²) in [6, 6.07) is 18.9. The molecule has 3 aromatic rings. The molecule has 134 valence electrons. The molecule has 1 heterocycles. The van der Waals surface area contributed by atoms with Crippen molar-refractivity contribution in [2.45, 2.75) is 19.4 Å². The van der Waals surface area contributed by atoms with E-state index in [0.717, 1.165) is 5.56 Å². The highest BCUT2D eigenvalue weighted by atomic mass is 16.5. The van der Waals surface area contributed by atoms with Gasteiger partial charge in [-0.1, -0.05) is 41.6 Å². The highest BCUT2D eigenvalue weighted by molar-refractivity contribution is 5.80. The van der Waals surface area contributed by atoms with Gasteiger partial charge in [0.1, 0.15) is 5.75 Å². The van der Waals surface area contributed by atoms with Crippen LogP contribution in [-0.2, 0) is 11.2 Å². The average molecular weight is 351 g/mol. The van der Waals surface area contributed by atoms with E-state index in [-0.39, 0.29) is 5.91 Å². The van der Waals surface area contributed by atoms with Crippen molar-refractivity contribution in [1.82, 2.24) is 15.0 Å². The van der Waals surface area contributed by atoms with Gasteiger partial charge in [0.05, 0.1) is 0 Å². The summed E-state index contributed by atoms with van der Waals surface area (Å²) in [5.74, 6) is 1.63. The Labute approximate surface area is 152 Å². The Bertz CT molecular complexity index is 834. The highest BCUT2D eigenvalue weighted by Gasteiger charge is 2.19. The first-order valence-electron chi connectivity index (χ1n) is 8.48. The number of nitrogens with zero attached hydrogens (tertiary/aromatic N) is 3. The summed E-state index contributed by atoms with van der Waals surface area (Å²) in [7, 11) is 1.74. The van der Waals surface area contributed by atoms with E-state index in [1.54, 1.807) is 18.9 Å². The Morgan fingerprint density at radius 2 is 1.77 bits per heavy atom. The number of ether oxygens (including phenoxy) is 1. The van der Waals surface area contributed by atoms with Gasteiger partial charge in [-0.25, -0.2) is 0 Å². The standard InChI is InChI=1S/C20H21N3O3/c1-15(25-17-11-7-4-8-12-17)20(24)23(2)14-13-18-21-19(26-22-18)16-9-5-3-6-10-16/h3-12,15H,13-14H2,1-2H3/t15-/m0/s1. The van der Waals surface area contributed by atoms with E-state index >= 15 is 0 Å². The molecule has 0 saturated heterocycles. The van der Waals surface area contributed by atoms with E-state index in [2.05, 4.69) is 10.1 Å². The van der Waals surface area contributed by atoms with Crippen molar-refractivity contribution >= 4 is 5.91 Å². The van der Waals surface area contributed by atoms with E-state index in [9.17, 15) is 4.79 Å². The zero-order valence-electron chi connectivity index (χ0n) is 14.8. The van der Waals surface area contributed by atoms with Gasteiger partial charge in [-0.15, -0.1) is 0 Å². The van der Waals surface area contributed by atoms with Crippen LogP contribution in [0.25, 0.3) is 11.5 Å². The molecule has 6 nitrogen and oxygen atoms in total. The van der Waals surface area contributed by atoms with E-state index < -0.39 is 6.10 Å². The summed E-state index contributed by atoms with van der Waals surface area (Å²) in [6.07, 6.45) is -0.0519. The summed E-state index contributed by atoms with van der Waals surface area (Å²) in [4.78, 5) is 18.4. The number of benzene rings is 2. The summed E-state index contributed by atoms with van der Waals surface area (Å²) < 4.78 is 11.0. The van der Waals surface area contributed by atoms with Crippen LogP contribution >= 0.6 is 0 Å². The van der Waals surface area contributed by atoms with Crippen molar-refractivity contribution in [3.05, 3.63) is 66.5 Å². The highest BCUT2D eigenvalue weighted by Crippen LogP contribution is 2.16. The molecular weight excluding hydrogens is 330 g/mol. The van der Waals surface area contributed by atoms with E-state index in [4.69, 9.17) is 9.26 Å². The average Bonchev–Trinajstić information content (AvgIpc) is 3.16. The Morgan fingerprint density at radius 1 is 1.12 bits per heavy atom. The van der Waals surface area contributed by atoms with Crippen molar-refractivity contribution < 1.29 is 14.1 Å². The SMILES string of the molecule is C[C@H](Oc1ccccc1)C(=O)N(C)CCc1noc(-c2ccccc2)n1. The molecule has 1 atom stereocenters. The van der Waals surface area contributed by atoms with Crippen molar-refractivity contribution in [2.75, 3.05) is 13.6 Å². The maximum Gasteiger partial charge on any atom is 0.263 e. The predicted molar refractivity (Wildman–Crippen MR) is 97.6 cm³/mol. The second kappa shape index (κ2) is 8.29. The van der Waals surface area contributed by atoms with Crippen LogP contribution in [0.3, 0.4) is 0 Å². The molecule has 0 N–H and O–H groups in total.